The van der Waals surface area contributed by atoms with Gasteiger partial charge in [0, 0.05) is 25.7 Å². The van der Waals surface area contributed by atoms with Gasteiger partial charge in [0.2, 0.25) is 11.8 Å². The van der Waals surface area contributed by atoms with Crippen LogP contribution in [0.3, 0.4) is 0 Å². The molecule has 8 nitrogen and oxygen atoms in total. The summed E-state index contributed by atoms with van der Waals surface area (Å²) < 4.78 is 4.99. The Morgan fingerprint density at radius 2 is 2.35 bits per heavy atom. The molecular formula is C12H15N5O3. The summed E-state index contributed by atoms with van der Waals surface area (Å²) in [6.45, 7) is 3.00. The fourth-order valence-corrected chi connectivity index (χ4v) is 1.75. The predicted octanol–water partition coefficient (Wildman–Crippen LogP) is 2.05. The molecular weight excluding hydrogens is 262 g/mol. The molecule has 0 amide bonds. The second-order valence-electron chi connectivity index (χ2n) is 4.18. The molecule has 0 aliphatic carbocycles. The summed E-state index contributed by atoms with van der Waals surface area (Å²) in [5, 5.41) is 14.0. The first kappa shape index (κ1) is 13.8. The van der Waals surface area contributed by atoms with Crippen molar-refractivity contribution in [2.45, 2.75) is 13.5 Å². The van der Waals surface area contributed by atoms with Gasteiger partial charge >= 0.3 is 5.69 Å². The van der Waals surface area contributed by atoms with Crippen molar-refractivity contribution in [1.29, 1.82) is 0 Å². The molecule has 0 aliphatic heterocycles. The number of nitrogens with zero attached hydrogens (tertiary/aromatic N) is 4. The molecule has 20 heavy (non-hydrogen) atoms. The Labute approximate surface area is 115 Å². The van der Waals surface area contributed by atoms with Crippen LogP contribution in [0, 0.1) is 10.1 Å². The van der Waals surface area contributed by atoms with Crippen LogP contribution in [0.2, 0.25) is 0 Å². The van der Waals surface area contributed by atoms with Crippen LogP contribution in [0.25, 0.3) is 0 Å². The Bertz CT molecular complexity index is 585. The van der Waals surface area contributed by atoms with Gasteiger partial charge in [0.1, 0.15) is 6.20 Å². The third-order valence-corrected chi connectivity index (χ3v) is 2.64. The molecule has 106 valence electrons. The van der Waals surface area contributed by atoms with E-state index in [-0.39, 0.29) is 11.5 Å². The highest BCUT2D eigenvalue weighted by Gasteiger charge is 2.21. The summed E-state index contributed by atoms with van der Waals surface area (Å²) in [6, 6.07) is 1.80. The average Bonchev–Trinajstić information content (AvgIpc) is 2.91. The number of nitro groups is 1. The highest BCUT2D eigenvalue weighted by Crippen LogP contribution is 2.26. The van der Waals surface area contributed by atoms with Crippen molar-refractivity contribution in [3.63, 3.8) is 0 Å². The van der Waals surface area contributed by atoms with Gasteiger partial charge in [-0.25, -0.2) is 4.98 Å². The van der Waals surface area contributed by atoms with Crippen LogP contribution < -0.4 is 10.2 Å². The van der Waals surface area contributed by atoms with Gasteiger partial charge in [-0.2, -0.15) is 4.98 Å². The summed E-state index contributed by atoms with van der Waals surface area (Å²) >= 11 is 0. The molecule has 0 radical (unpaired) electrons. The lowest BCUT2D eigenvalue weighted by atomic mass is 10.3. The van der Waals surface area contributed by atoms with E-state index in [2.05, 4.69) is 15.3 Å². The minimum absolute atomic E-state index is 0.127. The van der Waals surface area contributed by atoms with E-state index in [1.807, 2.05) is 6.92 Å². The quantitative estimate of drug-likeness (QED) is 0.637. The summed E-state index contributed by atoms with van der Waals surface area (Å²) in [5.74, 6) is 0.634. The van der Waals surface area contributed by atoms with Gasteiger partial charge < -0.3 is 14.6 Å². The van der Waals surface area contributed by atoms with Crippen molar-refractivity contribution < 1.29 is 9.34 Å². The number of nitrogens with one attached hydrogen (secondary N) is 1. The molecule has 0 saturated heterocycles. The summed E-state index contributed by atoms with van der Waals surface area (Å²) in [6.07, 6.45) is 4.36. The largest absolute Gasteiger partial charge is 0.472 e. The molecule has 0 spiro atoms. The number of rotatable bonds is 6. The molecule has 2 heterocycles. The molecule has 2 aromatic rings. The Morgan fingerprint density at radius 1 is 1.55 bits per heavy atom. The van der Waals surface area contributed by atoms with Crippen molar-refractivity contribution in [2.75, 3.05) is 23.8 Å². The maximum absolute atomic E-state index is 11.1. The Kier molecular flexibility index (Phi) is 4.14. The molecule has 0 fully saturated rings. The van der Waals surface area contributed by atoms with Crippen molar-refractivity contribution >= 4 is 17.5 Å². The van der Waals surface area contributed by atoms with Gasteiger partial charge in [-0.1, -0.05) is 0 Å². The topological polar surface area (TPSA) is 97.3 Å². The van der Waals surface area contributed by atoms with E-state index in [4.69, 9.17) is 4.42 Å². The lowest BCUT2D eigenvalue weighted by Crippen LogP contribution is -2.20. The summed E-state index contributed by atoms with van der Waals surface area (Å²) in [5.41, 5.74) is 0.781. The third-order valence-electron chi connectivity index (χ3n) is 2.64. The van der Waals surface area contributed by atoms with E-state index in [1.165, 1.54) is 6.20 Å². The van der Waals surface area contributed by atoms with Crippen molar-refractivity contribution in [3.05, 3.63) is 40.5 Å². The molecule has 2 aromatic heterocycles. The van der Waals surface area contributed by atoms with E-state index < -0.39 is 4.92 Å². The molecule has 1 N–H and O–H groups in total. The van der Waals surface area contributed by atoms with E-state index in [0.717, 1.165) is 5.56 Å². The van der Waals surface area contributed by atoms with Gasteiger partial charge in [-0.05, 0) is 13.0 Å². The number of anilines is 2. The lowest BCUT2D eigenvalue weighted by Gasteiger charge is -2.17. The highest BCUT2D eigenvalue weighted by atomic mass is 16.6. The molecule has 0 saturated carbocycles. The number of furan rings is 1. The molecule has 8 heteroatoms. The highest BCUT2D eigenvalue weighted by molar-refractivity contribution is 5.58. The zero-order valence-electron chi connectivity index (χ0n) is 11.2. The maximum Gasteiger partial charge on any atom is 0.329 e. The summed E-state index contributed by atoms with van der Waals surface area (Å²) in [7, 11) is 1.73. The Morgan fingerprint density at radius 3 is 2.95 bits per heavy atom. The molecule has 0 unspecified atom stereocenters. The van der Waals surface area contributed by atoms with Crippen molar-refractivity contribution in [3.8, 4) is 0 Å². The second-order valence-corrected chi connectivity index (χ2v) is 4.18. The van der Waals surface area contributed by atoms with Crippen LogP contribution >= 0.6 is 0 Å². The van der Waals surface area contributed by atoms with Gasteiger partial charge in [0.15, 0.2) is 0 Å². The normalized spacial score (nSPS) is 10.3. The molecule has 0 aliphatic rings. The van der Waals surface area contributed by atoms with Crippen LogP contribution in [-0.2, 0) is 6.54 Å². The van der Waals surface area contributed by atoms with Crippen molar-refractivity contribution in [1.82, 2.24) is 9.97 Å². The predicted molar refractivity (Wildman–Crippen MR) is 73.7 cm³/mol. The fourth-order valence-electron chi connectivity index (χ4n) is 1.75. The SMILES string of the molecule is CCNc1ncc([N+](=O)[O-])c(N(C)Cc2ccoc2)n1. The first-order valence-corrected chi connectivity index (χ1v) is 6.09. The van der Waals surface area contributed by atoms with Crippen LogP contribution in [-0.4, -0.2) is 28.5 Å². The van der Waals surface area contributed by atoms with Crippen LogP contribution in [0.4, 0.5) is 17.5 Å². The minimum Gasteiger partial charge on any atom is -0.472 e. The van der Waals surface area contributed by atoms with Gasteiger partial charge in [-0.15, -0.1) is 0 Å². The Balaban J connectivity index is 2.30. The van der Waals surface area contributed by atoms with Crippen LogP contribution in [0.1, 0.15) is 12.5 Å². The van der Waals surface area contributed by atoms with Crippen molar-refractivity contribution in [2.24, 2.45) is 0 Å². The molecule has 0 aromatic carbocycles. The van der Waals surface area contributed by atoms with E-state index >= 15 is 0 Å². The van der Waals surface area contributed by atoms with E-state index in [1.54, 1.807) is 30.5 Å². The first-order valence-electron chi connectivity index (χ1n) is 6.09. The van der Waals surface area contributed by atoms with Crippen LogP contribution in [0.15, 0.2) is 29.2 Å². The fraction of sp³-hybridized carbons (Fsp3) is 0.333. The van der Waals surface area contributed by atoms with Gasteiger partial charge in [-0.3, -0.25) is 10.1 Å². The smallest absolute Gasteiger partial charge is 0.329 e. The first-order chi connectivity index (χ1) is 9.61. The maximum atomic E-state index is 11.1. The monoisotopic (exact) mass is 277 g/mol. The average molecular weight is 277 g/mol. The zero-order chi connectivity index (χ0) is 14.5. The summed E-state index contributed by atoms with van der Waals surface area (Å²) in [4.78, 5) is 20.4. The standard InChI is InChI=1S/C12H15N5O3/c1-3-13-12-14-6-10(17(18)19)11(15-12)16(2)7-9-4-5-20-8-9/h4-6,8H,3,7H2,1-2H3,(H,13,14,15). The van der Waals surface area contributed by atoms with E-state index in [0.29, 0.717) is 19.0 Å². The third kappa shape index (κ3) is 3.02. The van der Waals surface area contributed by atoms with E-state index in [9.17, 15) is 10.1 Å². The van der Waals surface area contributed by atoms with Gasteiger partial charge in [0.05, 0.1) is 17.4 Å². The number of aromatic nitrogens is 2. The zero-order valence-corrected chi connectivity index (χ0v) is 11.2. The second kappa shape index (κ2) is 6.00. The number of hydrogen-bond acceptors (Lipinski definition) is 7. The Hall–Kier alpha value is -2.64. The van der Waals surface area contributed by atoms with Crippen LogP contribution in [0.5, 0.6) is 0 Å². The number of hydrogen-bond donors (Lipinski definition) is 1. The molecule has 0 bridgehead atoms. The molecule has 0 atom stereocenters. The minimum atomic E-state index is -0.489. The van der Waals surface area contributed by atoms with Gasteiger partial charge in [0.25, 0.3) is 0 Å². The lowest BCUT2D eigenvalue weighted by molar-refractivity contribution is -0.384. The molecule has 2 rings (SSSR count).